The van der Waals surface area contributed by atoms with E-state index in [0.29, 0.717) is 12.8 Å². The number of Topliss-reactive ketones (excluding diaryl/α,β-unsaturated/α-hetero) is 1. The molecule has 1 fully saturated rings. The van der Waals surface area contributed by atoms with Crippen LogP contribution in [0.15, 0.2) is 18.2 Å². The number of halogens is 2. The zero-order chi connectivity index (χ0) is 12.5. The van der Waals surface area contributed by atoms with Crippen LogP contribution in [0.3, 0.4) is 0 Å². The standard InChI is InChI=1S/C13H15F2NO/c1-16-13(7-3-2-4-12(13)17)10-6-5-9(14)8-11(10)15/h5-6,8,16H,2-4,7H2,1H3. The van der Waals surface area contributed by atoms with E-state index in [0.717, 1.165) is 18.9 Å². The van der Waals surface area contributed by atoms with Gasteiger partial charge in [-0.05, 0) is 26.0 Å². The molecule has 1 N–H and O–H groups in total. The van der Waals surface area contributed by atoms with Crippen molar-refractivity contribution >= 4 is 5.78 Å². The van der Waals surface area contributed by atoms with Crippen LogP contribution in [-0.4, -0.2) is 12.8 Å². The van der Waals surface area contributed by atoms with Crippen molar-refractivity contribution < 1.29 is 13.6 Å². The van der Waals surface area contributed by atoms with Gasteiger partial charge in [0.25, 0.3) is 0 Å². The van der Waals surface area contributed by atoms with E-state index in [-0.39, 0.29) is 11.3 Å². The van der Waals surface area contributed by atoms with Gasteiger partial charge < -0.3 is 5.32 Å². The minimum absolute atomic E-state index is 0.0169. The number of nitrogens with one attached hydrogen (secondary N) is 1. The summed E-state index contributed by atoms with van der Waals surface area (Å²) in [6, 6.07) is 3.39. The average Bonchev–Trinajstić information content (AvgIpc) is 2.31. The van der Waals surface area contributed by atoms with Gasteiger partial charge in [0.1, 0.15) is 17.2 Å². The van der Waals surface area contributed by atoms with Crippen molar-refractivity contribution in [2.24, 2.45) is 0 Å². The van der Waals surface area contributed by atoms with Crippen LogP contribution in [0.5, 0.6) is 0 Å². The fraction of sp³-hybridized carbons (Fsp3) is 0.462. The van der Waals surface area contributed by atoms with Crippen LogP contribution in [0.25, 0.3) is 0 Å². The van der Waals surface area contributed by atoms with Crippen molar-refractivity contribution in [1.29, 1.82) is 0 Å². The number of likely N-dealkylation sites (N-methyl/N-ethyl adjacent to an activating group) is 1. The molecule has 92 valence electrons. The molecule has 0 aliphatic heterocycles. The molecule has 1 aliphatic rings. The van der Waals surface area contributed by atoms with E-state index in [9.17, 15) is 13.6 Å². The number of ketones is 1. The maximum Gasteiger partial charge on any atom is 0.157 e. The number of hydrogen-bond donors (Lipinski definition) is 1. The van der Waals surface area contributed by atoms with Gasteiger partial charge in [-0.2, -0.15) is 0 Å². The first-order valence-corrected chi connectivity index (χ1v) is 5.78. The molecule has 1 saturated carbocycles. The predicted molar refractivity (Wildman–Crippen MR) is 60.6 cm³/mol. The molecule has 1 atom stereocenters. The Kier molecular flexibility index (Phi) is 3.24. The second kappa shape index (κ2) is 4.53. The molecule has 1 aromatic carbocycles. The minimum Gasteiger partial charge on any atom is -0.304 e. The fourth-order valence-corrected chi connectivity index (χ4v) is 2.55. The van der Waals surface area contributed by atoms with E-state index in [1.165, 1.54) is 12.1 Å². The normalized spacial score (nSPS) is 25.0. The van der Waals surface area contributed by atoms with Crippen molar-refractivity contribution in [3.8, 4) is 0 Å². The highest BCUT2D eigenvalue weighted by Crippen LogP contribution is 2.35. The van der Waals surface area contributed by atoms with Crippen molar-refractivity contribution in [2.75, 3.05) is 7.05 Å². The molecule has 1 aliphatic carbocycles. The van der Waals surface area contributed by atoms with Crippen LogP contribution in [0, 0.1) is 11.6 Å². The highest BCUT2D eigenvalue weighted by atomic mass is 19.1. The van der Waals surface area contributed by atoms with Gasteiger partial charge in [0.05, 0.1) is 0 Å². The van der Waals surface area contributed by atoms with Crippen molar-refractivity contribution in [2.45, 2.75) is 31.2 Å². The molecule has 0 saturated heterocycles. The van der Waals surface area contributed by atoms with E-state index in [4.69, 9.17) is 0 Å². The number of hydrogen-bond acceptors (Lipinski definition) is 2. The Morgan fingerprint density at radius 1 is 1.29 bits per heavy atom. The maximum atomic E-state index is 13.8. The molecule has 2 nitrogen and oxygen atoms in total. The van der Waals surface area contributed by atoms with Gasteiger partial charge in [0.2, 0.25) is 0 Å². The summed E-state index contributed by atoms with van der Waals surface area (Å²) in [4.78, 5) is 12.1. The highest BCUT2D eigenvalue weighted by molar-refractivity contribution is 5.90. The lowest BCUT2D eigenvalue weighted by atomic mass is 9.75. The topological polar surface area (TPSA) is 29.1 Å². The molecule has 2 rings (SSSR count). The third kappa shape index (κ3) is 1.97. The molecule has 0 bridgehead atoms. The van der Waals surface area contributed by atoms with Crippen LogP contribution < -0.4 is 5.32 Å². The number of carbonyl (C=O) groups is 1. The zero-order valence-electron chi connectivity index (χ0n) is 9.72. The third-order valence-electron chi connectivity index (χ3n) is 3.50. The Balaban J connectivity index is 2.50. The molecule has 1 unspecified atom stereocenters. The average molecular weight is 239 g/mol. The minimum atomic E-state index is -0.976. The summed E-state index contributed by atoms with van der Waals surface area (Å²) in [5, 5.41) is 2.93. The first-order chi connectivity index (χ1) is 8.10. The van der Waals surface area contributed by atoms with E-state index in [1.54, 1.807) is 7.05 Å². The van der Waals surface area contributed by atoms with Crippen LogP contribution in [0.1, 0.15) is 31.2 Å². The van der Waals surface area contributed by atoms with E-state index in [2.05, 4.69) is 5.32 Å². The second-order valence-corrected chi connectivity index (χ2v) is 4.41. The molecule has 17 heavy (non-hydrogen) atoms. The van der Waals surface area contributed by atoms with Gasteiger partial charge in [-0.15, -0.1) is 0 Å². The Bertz CT molecular complexity index is 447. The Morgan fingerprint density at radius 2 is 2.06 bits per heavy atom. The monoisotopic (exact) mass is 239 g/mol. The first kappa shape index (κ1) is 12.2. The van der Waals surface area contributed by atoms with E-state index < -0.39 is 17.2 Å². The van der Waals surface area contributed by atoms with Gasteiger partial charge in [0.15, 0.2) is 5.78 Å². The van der Waals surface area contributed by atoms with E-state index >= 15 is 0 Å². The van der Waals surface area contributed by atoms with Gasteiger partial charge in [-0.3, -0.25) is 4.79 Å². The largest absolute Gasteiger partial charge is 0.304 e. The lowest BCUT2D eigenvalue weighted by Gasteiger charge is -2.36. The molecular formula is C13H15F2NO. The smallest absolute Gasteiger partial charge is 0.157 e. The summed E-state index contributed by atoms with van der Waals surface area (Å²) in [7, 11) is 1.64. The number of rotatable bonds is 2. The van der Waals surface area contributed by atoms with Crippen LogP contribution in [0.4, 0.5) is 8.78 Å². The molecule has 0 spiro atoms. The summed E-state index contributed by atoms with van der Waals surface area (Å²) >= 11 is 0. The van der Waals surface area contributed by atoms with Crippen LogP contribution >= 0.6 is 0 Å². The Labute approximate surface area is 99.0 Å². The highest BCUT2D eigenvalue weighted by Gasteiger charge is 2.41. The quantitative estimate of drug-likeness (QED) is 0.859. The van der Waals surface area contributed by atoms with E-state index in [1.807, 2.05) is 0 Å². The summed E-state index contributed by atoms with van der Waals surface area (Å²) in [6.07, 6.45) is 2.71. The number of carbonyl (C=O) groups excluding carboxylic acids is 1. The lowest BCUT2D eigenvalue weighted by molar-refractivity contribution is -0.127. The molecular weight excluding hydrogens is 224 g/mol. The first-order valence-electron chi connectivity index (χ1n) is 5.78. The SMILES string of the molecule is CNC1(c2ccc(F)cc2F)CCCCC1=O. The van der Waals surface area contributed by atoms with Gasteiger partial charge in [-0.25, -0.2) is 8.78 Å². The van der Waals surface area contributed by atoms with Crippen LogP contribution in [-0.2, 0) is 10.3 Å². The van der Waals surface area contributed by atoms with Crippen molar-refractivity contribution in [3.63, 3.8) is 0 Å². The van der Waals surface area contributed by atoms with Gasteiger partial charge >= 0.3 is 0 Å². The summed E-state index contributed by atoms with van der Waals surface area (Å²) in [5.41, 5.74) is -0.721. The predicted octanol–water partition coefficient (Wildman–Crippen LogP) is 2.52. The molecule has 0 aromatic heterocycles. The van der Waals surface area contributed by atoms with Gasteiger partial charge in [-0.1, -0.05) is 12.5 Å². The van der Waals surface area contributed by atoms with Crippen molar-refractivity contribution in [1.82, 2.24) is 5.32 Å². The zero-order valence-corrected chi connectivity index (χ0v) is 9.72. The van der Waals surface area contributed by atoms with Gasteiger partial charge in [0, 0.05) is 18.1 Å². The van der Waals surface area contributed by atoms with Crippen molar-refractivity contribution in [3.05, 3.63) is 35.4 Å². The lowest BCUT2D eigenvalue weighted by Crippen LogP contribution is -2.49. The fourth-order valence-electron chi connectivity index (χ4n) is 2.55. The molecule has 0 radical (unpaired) electrons. The molecule has 4 heteroatoms. The molecule has 1 aromatic rings. The van der Waals surface area contributed by atoms with Crippen LogP contribution in [0.2, 0.25) is 0 Å². The maximum absolute atomic E-state index is 13.8. The summed E-state index contributed by atoms with van der Waals surface area (Å²) in [6.45, 7) is 0. The third-order valence-corrected chi connectivity index (χ3v) is 3.50. The Hall–Kier alpha value is -1.29. The number of benzene rings is 1. The molecule has 0 heterocycles. The second-order valence-electron chi connectivity index (χ2n) is 4.41. The summed E-state index contributed by atoms with van der Waals surface area (Å²) < 4.78 is 26.7. The Morgan fingerprint density at radius 3 is 2.65 bits per heavy atom. The summed E-state index contributed by atoms with van der Waals surface area (Å²) in [5.74, 6) is -1.30. The molecule has 0 amide bonds.